The van der Waals surface area contributed by atoms with Crippen molar-refractivity contribution in [1.82, 2.24) is 25.0 Å². The Bertz CT molecular complexity index is 661. The van der Waals surface area contributed by atoms with Crippen LogP contribution in [0.15, 0.2) is 23.8 Å². The van der Waals surface area contributed by atoms with Gasteiger partial charge >= 0.3 is 0 Å². The third kappa shape index (κ3) is 2.63. The predicted molar refractivity (Wildman–Crippen MR) is 75.0 cm³/mol. The Hall–Kier alpha value is -2.22. The summed E-state index contributed by atoms with van der Waals surface area (Å²) in [5.41, 5.74) is 5.69. The van der Waals surface area contributed by atoms with Crippen LogP contribution in [0.3, 0.4) is 0 Å². The van der Waals surface area contributed by atoms with Crippen LogP contribution in [0.4, 0.5) is 11.8 Å². The summed E-state index contributed by atoms with van der Waals surface area (Å²) in [5, 5.41) is 14.0. The minimum Gasteiger partial charge on any atom is -0.369 e. The molecule has 19 heavy (non-hydrogen) atoms. The third-order valence-electron chi connectivity index (χ3n) is 2.67. The molecule has 0 amide bonds. The van der Waals surface area contributed by atoms with Gasteiger partial charge in [0.05, 0.1) is 11.6 Å². The van der Waals surface area contributed by atoms with Crippen molar-refractivity contribution in [2.45, 2.75) is 13.0 Å². The molecule has 0 saturated heterocycles. The van der Waals surface area contributed by atoms with Gasteiger partial charge in [-0.05, 0) is 17.9 Å². The normalized spacial score (nSPS) is 10.9. The van der Waals surface area contributed by atoms with Crippen molar-refractivity contribution in [2.75, 3.05) is 17.6 Å². The summed E-state index contributed by atoms with van der Waals surface area (Å²) in [6, 6.07) is 2.00. The highest BCUT2D eigenvalue weighted by molar-refractivity contribution is 7.16. The Morgan fingerprint density at radius 3 is 3.16 bits per heavy atom. The molecule has 0 aromatic carbocycles. The van der Waals surface area contributed by atoms with Crippen LogP contribution in [-0.2, 0) is 6.54 Å². The Kier molecular flexibility index (Phi) is 3.23. The minimum atomic E-state index is 0.300. The average molecular weight is 275 g/mol. The number of rotatable bonds is 5. The highest BCUT2D eigenvalue weighted by Crippen LogP contribution is 2.25. The van der Waals surface area contributed by atoms with E-state index in [-0.39, 0.29) is 0 Å². The van der Waals surface area contributed by atoms with Crippen LogP contribution in [0.1, 0.15) is 6.42 Å². The molecule has 0 aliphatic heterocycles. The van der Waals surface area contributed by atoms with Crippen molar-refractivity contribution in [3.63, 3.8) is 0 Å². The van der Waals surface area contributed by atoms with Gasteiger partial charge in [-0.2, -0.15) is 4.98 Å². The standard InChI is InChI=1S/C11H13N7S/c12-11-15-9(8-2-7-19-10(8)16-11)13-3-1-5-18-6-4-14-17-18/h2,4,6-7H,1,3,5H2,(H3,12,13,15,16). The molecule has 0 saturated carbocycles. The fourth-order valence-corrected chi connectivity index (χ4v) is 2.58. The first-order valence-corrected chi connectivity index (χ1v) is 6.79. The van der Waals surface area contributed by atoms with Gasteiger partial charge in [0.25, 0.3) is 0 Å². The smallest absolute Gasteiger partial charge is 0.223 e. The van der Waals surface area contributed by atoms with Crippen molar-refractivity contribution < 1.29 is 0 Å². The number of hydrogen-bond acceptors (Lipinski definition) is 7. The van der Waals surface area contributed by atoms with Gasteiger partial charge in [-0.3, -0.25) is 4.68 Å². The number of thiophene rings is 1. The van der Waals surface area contributed by atoms with Crippen molar-refractivity contribution in [3.8, 4) is 0 Å². The lowest BCUT2D eigenvalue weighted by molar-refractivity contribution is 0.569. The number of hydrogen-bond donors (Lipinski definition) is 2. The molecule has 0 atom stereocenters. The molecule has 0 aliphatic carbocycles. The van der Waals surface area contributed by atoms with Crippen LogP contribution in [0.25, 0.3) is 10.2 Å². The lowest BCUT2D eigenvalue weighted by Crippen LogP contribution is -2.09. The molecule has 3 rings (SSSR count). The maximum Gasteiger partial charge on any atom is 0.223 e. The Balaban J connectivity index is 1.63. The quantitative estimate of drug-likeness (QED) is 0.683. The third-order valence-corrected chi connectivity index (χ3v) is 3.48. The summed E-state index contributed by atoms with van der Waals surface area (Å²) in [5.74, 6) is 1.09. The predicted octanol–water partition coefficient (Wildman–Crippen LogP) is 1.37. The summed E-state index contributed by atoms with van der Waals surface area (Å²) < 4.78 is 1.80. The van der Waals surface area contributed by atoms with E-state index in [1.165, 1.54) is 0 Å². The number of nitrogens with two attached hydrogens (primary N) is 1. The second kappa shape index (κ2) is 5.19. The molecular formula is C11H13N7S. The Labute approximate surface area is 113 Å². The lowest BCUT2D eigenvalue weighted by Gasteiger charge is -2.07. The van der Waals surface area contributed by atoms with Crippen LogP contribution < -0.4 is 11.1 Å². The van der Waals surface area contributed by atoms with E-state index in [2.05, 4.69) is 25.6 Å². The number of fused-ring (bicyclic) bond motifs is 1. The molecule has 0 bridgehead atoms. The van der Waals surface area contributed by atoms with Crippen LogP contribution in [0.5, 0.6) is 0 Å². The van der Waals surface area contributed by atoms with Gasteiger partial charge in [0, 0.05) is 19.3 Å². The highest BCUT2D eigenvalue weighted by atomic mass is 32.1. The van der Waals surface area contributed by atoms with E-state index in [0.29, 0.717) is 5.95 Å². The Morgan fingerprint density at radius 2 is 2.32 bits per heavy atom. The number of nitrogens with one attached hydrogen (secondary N) is 1. The zero-order valence-corrected chi connectivity index (χ0v) is 11.0. The summed E-state index contributed by atoms with van der Waals surface area (Å²) in [4.78, 5) is 9.33. The topological polar surface area (TPSA) is 94.5 Å². The van der Waals surface area contributed by atoms with E-state index in [1.807, 2.05) is 17.6 Å². The van der Waals surface area contributed by atoms with Crippen molar-refractivity contribution in [2.24, 2.45) is 0 Å². The molecule has 98 valence electrons. The van der Waals surface area contributed by atoms with Gasteiger partial charge in [-0.25, -0.2) is 4.98 Å². The number of anilines is 2. The molecule has 0 spiro atoms. The molecule has 0 fully saturated rings. The van der Waals surface area contributed by atoms with E-state index in [1.54, 1.807) is 22.2 Å². The highest BCUT2D eigenvalue weighted by Gasteiger charge is 2.06. The SMILES string of the molecule is Nc1nc(NCCCn2ccnn2)c2ccsc2n1. The monoisotopic (exact) mass is 275 g/mol. The fourth-order valence-electron chi connectivity index (χ4n) is 1.81. The van der Waals surface area contributed by atoms with Gasteiger partial charge in [-0.1, -0.05) is 5.21 Å². The van der Waals surface area contributed by atoms with E-state index < -0.39 is 0 Å². The average Bonchev–Trinajstić information content (AvgIpc) is 3.04. The van der Waals surface area contributed by atoms with Crippen molar-refractivity contribution in [3.05, 3.63) is 23.8 Å². The van der Waals surface area contributed by atoms with Gasteiger partial charge < -0.3 is 11.1 Å². The molecule has 0 aliphatic rings. The fraction of sp³-hybridized carbons (Fsp3) is 0.273. The number of nitrogens with zero attached hydrogens (tertiary/aromatic N) is 5. The summed E-state index contributed by atoms with van der Waals surface area (Å²) in [6.07, 6.45) is 4.45. The van der Waals surface area contributed by atoms with E-state index >= 15 is 0 Å². The van der Waals surface area contributed by atoms with Crippen LogP contribution in [0, 0.1) is 0 Å². The lowest BCUT2D eigenvalue weighted by atomic mass is 10.3. The first kappa shape index (κ1) is 11.8. The van der Waals surface area contributed by atoms with E-state index in [0.717, 1.165) is 35.5 Å². The first-order valence-electron chi connectivity index (χ1n) is 5.91. The molecule has 7 nitrogen and oxygen atoms in total. The molecule has 3 aromatic rings. The van der Waals surface area contributed by atoms with Crippen LogP contribution >= 0.6 is 11.3 Å². The number of aryl methyl sites for hydroxylation is 1. The van der Waals surface area contributed by atoms with Crippen LogP contribution in [-0.4, -0.2) is 31.5 Å². The maximum atomic E-state index is 5.69. The molecule has 3 aromatic heterocycles. The molecule has 8 heteroatoms. The first-order chi connectivity index (χ1) is 9.33. The van der Waals surface area contributed by atoms with Crippen LogP contribution in [0.2, 0.25) is 0 Å². The molecule has 3 N–H and O–H groups in total. The number of nitrogen functional groups attached to an aromatic ring is 1. The summed E-state index contributed by atoms with van der Waals surface area (Å²) in [7, 11) is 0. The molecule has 3 heterocycles. The largest absolute Gasteiger partial charge is 0.369 e. The maximum absolute atomic E-state index is 5.69. The van der Waals surface area contributed by atoms with Gasteiger partial charge in [-0.15, -0.1) is 16.4 Å². The second-order valence-corrected chi connectivity index (χ2v) is 4.91. The summed E-state index contributed by atoms with van der Waals surface area (Å²) in [6.45, 7) is 1.61. The van der Waals surface area contributed by atoms with Crippen molar-refractivity contribution >= 4 is 33.3 Å². The molecular weight excluding hydrogens is 262 g/mol. The van der Waals surface area contributed by atoms with E-state index in [4.69, 9.17) is 5.73 Å². The van der Waals surface area contributed by atoms with Crippen molar-refractivity contribution in [1.29, 1.82) is 0 Å². The van der Waals surface area contributed by atoms with Gasteiger partial charge in [0.2, 0.25) is 5.95 Å². The second-order valence-electron chi connectivity index (χ2n) is 4.02. The molecule has 0 radical (unpaired) electrons. The zero-order chi connectivity index (χ0) is 13.1. The van der Waals surface area contributed by atoms with Gasteiger partial charge in [0.15, 0.2) is 0 Å². The Morgan fingerprint density at radius 1 is 1.37 bits per heavy atom. The summed E-state index contributed by atoms with van der Waals surface area (Å²) >= 11 is 1.56. The molecule has 0 unspecified atom stereocenters. The number of aromatic nitrogens is 5. The van der Waals surface area contributed by atoms with E-state index in [9.17, 15) is 0 Å². The van der Waals surface area contributed by atoms with Gasteiger partial charge in [0.1, 0.15) is 10.6 Å². The minimum absolute atomic E-state index is 0.300. The zero-order valence-electron chi connectivity index (χ0n) is 10.2.